The van der Waals surface area contributed by atoms with E-state index in [1.54, 1.807) is 11.3 Å². The number of rotatable bonds is 6. The van der Waals surface area contributed by atoms with Crippen molar-refractivity contribution in [1.29, 1.82) is 0 Å². The number of hydrogen-bond acceptors (Lipinski definition) is 5. The Morgan fingerprint density at radius 3 is 2.34 bits per heavy atom. The Bertz CT molecular complexity index is 1390. The predicted octanol–water partition coefficient (Wildman–Crippen LogP) is 4.99. The fraction of sp³-hybridized carbons (Fsp3) is 0.167. The Hall–Kier alpha value is -3.07. The maximum Gasteiger partial charge on any atom is 0.255 e. The van der Waals surface area contributed by atoms with E-state index in [0.717, 1.165) is 20.8 Å². The van der Waals surface area contributed by atoms with Crippen LogP contribution in [0.3, 0.4) is 0 Å². The number of amides is 1. The van der Waals surface area contributed by atoms with E-state index in [-0.39, 0.29) is 10.8 Å². The molecular weight excluding hydrogens is 442 g/mol. The van der Waals surface area contributed by atoms with E-state index in [0.29, 0.717) is 35.2 Å². The van der Waals surface area contributed by atoms with E-state index in [9.17, 15) is 13.2 Å². The number of para-hydroxylation sites is 2. The Balaban J connectivity index is 1.74. The Morgan fingerprint density at radius 1 is 0.969 bits per heavy atom. The van der Waals surface area contributed by atoms with E-state index in [1.807, 2.05) is 62.4 Å². The van der Waals surface area contributed by atoms with Gasteiger partial charge in [0.05, 0.1) is 20.8 Å². The SMILES string of the molecule is CCc1c(C(=O)Nc2ccccc2-c2nc3ccccc3s2)ccc(S(N)(=O)=O)c1CC. The minimum Gasteiger partial charge on any atom is -0.321 e. The zero-order valence-corrected chi connectivity index (χ0v) is 19.4. The number of fused-ring (bicyclic) bond motifs is 1. The van der Waals surface area contributed by atoms with Crippen molar-refractivity contribution in [2.45, 2.75) is 31.6 Å². The molecule has 0 fully saturated rings. The van der Waals surface area contributed by atoms with Crippen molar-refractivity contribution < 1.29 is 13.2 Å². The summed E-state index contributed by atoms with van der Waals surface area (Å²) in [6.07, 6.45) is 0.965. The molecule has 0 saturated heterocycles. The molecule has 0 aliphatic heterocycles. The average molecular weight is 466 g/mol. The van der Waals surface area contributed by atoms with Crippen molar-refractivity contribution in [2.75, 3.05) is 5.32 Å². The van der Waals surface area contributed by atoms with Crippen LogP contribution < -0.4 is 10.5 Å². The first-order valence-corrected chi connectivity index (χ1v) is 12.6. The number of thiazole rings is 1. The molecule has 0 radical (unpaired) electrons. The van der Waals surface area contributed by atoms with Crippen LogP contribution in [0.1, 0.15) is 35.3 Å². The zero-order chi connectivity index (χ0) is 22.9. The number of nitrogens with zero attached hydrogens (tertiary/aromatic N) is 1. The highest BCUT2D eigenvalue weighted by atomic mass is 32.2. The fourth-order valence-electron chi connectivity index (χ4n) is 3.90. The van der Waals surface area contributed by atoms with E-state index in [4.69, 9.17) is 10.1 Å². The second kappa shape index (κ2) is 8.82. The van der Waals surface area contributed by atoms with E-state index >= 15 is 0 Å². The van der Waals surface area contributed by atoms with Gasteiger partial charge >= 0.3 is 0 Å². The first kappa shape index (κ1) is 22.1. The summed E-state index contributed by atoms with van der Waals surface area (Å²) >= 11 is 1.56. The number of nitrogens with two attached hydrogens (primary N) is 1. The molecule has 0 aliphatic carbocycles. The van der Waals surface area contributed by atoms with Gasteiger partial charge < -0.3 is 5.32 Å². The number of hydrogen-bond donors (Lipinski definition) is 2. The van der Waals surface area contributed by atoms with Crippen LogP contribution >= 0.6 is 11.3 Å². The highest BCUT2D eigenvalue weighted by Gasteiger charge is 2.22. The average Bonchev–Trinajstić information content (AvgIpc) is 3.21. The molecule has 0 saturated carbocycles. The maximum absolute atomic E-state index is 13.3. The van der Waals surface area contributed by atoms with Gasteiger partial charge in [0.15, 0.2) is 0 Å². The van der Waals surface area contributed by atoms with Crippen LogP contribution in [0.15, 0.2) is 65.6 Å². The molecule has 3 aromatic carbocycles. The van der Waals surface area contributed by atoms with Gasteiger partial charge in [-0.1, -0.05) is 38.1 Å². The molecule has 1 heterocycles. The van der Waals surface area contributed by atoms with Crippen molar-refractivity contribution in [2.24, 2.45) is 5.14 Å². The predicted molar refractivity (Wildman–Crippen MR) is 130 cm³/mol. The van der Waals surface area contributed by atoms with Gasteiger partial charge in [-0.25, -0.2) is 18.5 Å². The summed E-state index contributed by atoms with van der Waals surface area (Å²) in [5.74, 6) is -0.300. The number of anilines is 1. The second-order valence-electron chi connectivity index (χ2n) is 7.31. The van der Waals surface area contributed by atoms with Crippen LogP contribution in [0.5, 0.6) is 0 Å². The van der Waals surface area contributed by atoms with Gasteiger partial charge in [-0.05, 0) is 60.4 Å². The summed E-state index contributed by atoms with van der Waals surface area (Å²) in [6, 6.07) is 18.4. The monoisotopic (exact) mass is 465 g/mol. The van der Waals surface area contributed by atoms with Crippen molar-refractivity contribution in [3.05, 3.63) is 77.4 Å². The van der Waals surface area contributed by atoms with Crippen molar-refractivity contribution in [1.82, 2.24) is 4.98 Å². The third kappa shape index (κ3) is 4.17. The summed E-state index contributed by atoms with van der Waals surface area (Å²) in [5, 5.41) is 9.21. The highest BCUT2D eigenvalue weighted by Crippen LogP contribution is 2.35. The van der Waals surface area contributed by atoms with Gasteiger partial charge in [0.25, 0.3) is 5.91 Å². The topological polar surface area (TPSA) is 102 Å². The molecule has 8 heteroatoms. The van der Waals surface area contributed by atoms with E-state index < -0.39 is 10.0 Å². The van der Waals surface area contributed by atoms with Crippen LogP contribution in [0, 0.1) is 0 Å². The lowest BCUT2D eigenvalue weighted by molar-refractivity contribution is 0.102. The summed E-state index contributed by atoms with van der Waals surface area (Å²) in [6.45, 7) is 3.75. The smallest absolute Gasteiger partial charge is 0.255 e. The number of carbonyl (C=O) groups excluding carboxylic acids is 1. The Morgan fingerprint density at radius 2 is 1.66 bits per heavy atom. The molecule has 1 amide bonds. The maximum atomic E-state index is 13.3. The molecule has 32 heavy (non-hydrogen) atoms. The molecule has 0 spiro atoms. The largest absolute Gasteiger partial charge is 0.321 e. The number of benzene rings is 3. The van der Waals surface area contributed by atoms with Gasteiger partial charge in [0.2, 0.25) is 10.0 Å². The standard InChI is InChI=1S/C24H23N3O3S2/c1-3-15-16(4-2)22(32(25,29)30)14-13-17(15)23(28)26-19-10-6-5-9-18(19)24-27-20-11-7-8-12-21(20)31-24/h5-14H,3-4H2,1-2H3,(H,26,28)(H2,25,29,30). The minimum atomic E-state index is -3.87. The molecule has 6 nitrogen and oxygen atoms in total. The Kier molecular flexibility index (Phi) is 6.10. The molecule has 4 rings (SSSR count). The molecule has 0 unspecified atom stereocenters. The third-order valence-electron chi connectivity index (χ3n) is 5.35. The number of sulfonamides is 1. The normalized spacial score (nSPS) is 11.6. The van der Waals surface area contributed by atoms with Crippen LogP contribution in [-0.4, -0.2) is 19.3 Å². The number of carbonyl (C=O) groups is 1. The van der Waals surface area contributed by atoms with Crippen LogP contribution in [0.2, 0.25) is 0 Å². The van der Waals surface area contributed by atoms with Crippen molar-refractivity contribution in [3.8, 4) is 10.6 Å². The molecule has 0 bridgehead atoms. The molecule has 3 N–H and O–H groups in total. The van der Waals surface area contributed by atoms with E-state index in [2.05, 4.69) is 5.32 Å². The number of aromatic nitrogens is 1. The minimum absolute atomic E-state index is 0.0725. The molecule has 0 atom stereocenters. The van der Waals surface area contributed by atoms with Gasteiger partial charge in [0.1, 0.15) is 5.01 Å². The van der Waals surface area contributed by atoms with E-state index in [1.165, 1.54) is 12.1 Å². The molecule has 164 valence electrons. The second-order valence-corrected chi connectivity index (χ2v) is 9.87. The summed E-state index contributed by atoms with van der Waals surface area (Å²) < 4.78 is 25.1. The quantitative estimate of drug-likeness (QED) is 0.419. The van der Waals surface area contributed by atoms with Crippen molar-refractivity contribution >= 4 is 43.2 Å². The van der Waals surface area contributed by atoms with Gasteiger partial charge in [-0.3, -0.25) is 4.79 Å². The molecule has 0 aliphatic rings. The van der Waals surface area contributed by atoms with Crippen molar-refractivity contribution in [3.63, 3.8) is 0 Å². The first-order valence-electron chi connectivity index (χ1n) is 10.3. The Labute approximate surface area is 191 Å². The third-order valence-corrected chi connectivity index (χ3v) is 7.41. The van der Waals surface area contributed by atoms with Gasteiger partial charge in [-0.15, -0.1) is 11.3 Å². The molecular formula is C24H23N3O3S2. The summed E-state index contributed by atoms with van der Waals surface area (Å²) in [4.78, 5) is 18.1. The highest BCUT2D eigenvalue weighted by molar-refractivity contribution is 7.89. The van der Waals surface area contributed by atoms with Crippen LogP contribution in [-0.2, 0) is 22.9 Å². The number of primary sulfonamides is 1. The zero-order valence-electron chi connectivity index (χ0n) is 17.8. The fourth-order valence-corrected chi connectivity index (χ4v) is 5.77. The number of nitrogens with one attached hydrogen (secondary N) is 1. The first-order chi connectivity index (χ1) is 15.3. The lowest BCUT2D eigenvalue weighted by atomic mass is 9.96. The summed E-state index contributed by atoms with van der Waals surface area (Å²) in [5.41, 5.74) is 4.10. The van der Waals surface area contributed by atoms with Gasteiger partial charge in [-0.2, -0.15) is 0 Å². The molecule has 1 aromatic heterocycles. The lowest BCUT2D eigenvalue weighted by Gasteiger charge is -2.16. The van der Waals surface area contributed by atoms with Gasteiger partial charge in [0, 0.05) is 11.1 Å². The molecule has 4 aromatic rings. The van der Waals surface area contributed by atoms with Crippen LogP contribution in [0.4, 0.5) is 5.69 Å². The summed E-state index contributed by atoms with van der Waals surface area (Å²) in [7, 11) is -3.87. The lowest BCUT2D eigenvalue weighted by Crippen LogP contribution is -2.20. The van der Waals surface area contributed by atoms with Crippen LogP contribution in [0.25, 0.3) is 20.8 Å².